The summed E-state index contributed by atoms with van der Waals surface area (Å²) in [6.07, 6.45) is 6.34. The van der Waals surface area contributed by atoms with Crippen LogP contribution in [-0.2, 0) is 0 Å². The molecule has 1 fully saturated rings. The van der Waals surface area contributed by atoms with Gasteiger partial charge in [-0.1, -0.05) is 13.8 Å². The maximum atomic E-state index is 9.27. The molecule has 1 aliphatic rings. The van der Waals surface area contributed by atoms with Crippen LogP contribution in [0.1, 0.15) is 38.2 Å². The molecule has 4 heteroatoms. The Morgan fingerprint density at radius 2 is 2.05 bits per heavy atom. The van der Waals surface area contributed by atoms with Gasteiger partial charge in [-0.25, -0.2) is 4.98 Å². The molecule has 0 spiro atoms. The Morgan fingerprint density at radius 1 is 1.23 bits per heavy atom. The molecule has 0 aromatic carbocycles. The lowest BCUT2D eigenvalue weighted by Gasteiger charge is -2.22. The predicted molar refractivity (Wildman–Crippen MR) is 88.8 cm³/mol. The second-order valence-corrected chi connectivity index (χ2v) is 6.86. The van der Waals surface area contributed by atoms with E-state index in [-0.39, 0.29) is 12.0 Å². The highest BCUT2D eigenvalue weighted by Crippen LogP contribution is 2.40. The zero-order valence-corrected chi connectivity index (χ0v) is 13.2. The summed E-state index contributed by atoms with van der Waals surface area (Å²) in [5.41, 5.74) is 3.26. The molecule has 2 aromatic heterocycles. The van der Waals surface area contributed by atoms with E-state index in [1.165, 1.54) is 18.4 Å². The van der Waals surface area contributed by atoms with E-state index < -0.39 is 0 Å². The molecule has 0 amide bonds. The molecule has 22 heavy (non-hydrogen) atoms. The molecule has 2 heterocycles. The van der Waals surface area contributed by atoms with Crippen molar-refractivity contribution in [2.45, 2.75) is 32.6 Å². The molecule has 2 N–H and O–H groups in total. The van der Waals surface area contributed by atoms with Crippen LogP contribution in [-0.4, -0.2) is 28.2 Å². The summed E-state index contributed by atoms with van der Waals surface area (Å²) in [5, 5.41) is 12.5. The summed E-state index contributed by atoms with van der Waals surface area (Å²) in [6, 6.07) is 8.30. The highest BCUT2D eigenvalue weighted by molar-refractivity contribution is 5.60. The quantitative estimate of drug-likeness (QED) is 0.857. The van der Waals surface area contributed by atoms with Crippen LogP contribution in [0.3, 0.4) is 0 Å². The van der Waals surface area contributed by atoms with Crippen LogP contribution in [0.5, 0.6) is 0 Å². The van der Waals surface area contributed by atoms with Crippen molar-refractivity contribution in [1.82, 2.24) is 9.97 Å². The predicted octanol–water partition coefficient (Wildman–Crippen LogP) is 3.45. The second-order valence-electron chi connectivity index (χ2n) is 6.86. The van der Waals surface area contributed by atoms with Crippen LogP contribution in [0.2, 0.25) is 0 Å². The van der Waals surface area contributed by atoms with Crippen molar-refractivity contribution in [3.8, 4) is 11.3 Å². The third-order valence-corrected chi connectivity index (χ3v) is 4.07. The molecule has 4 nitrogen and oxygen atoms in total. The molecule has 2 aromatic rings. The molecule has 0 unspecified atom stereocenters. The summed E-state index contributed by atoms with van der Waals surface area (Å²) >= 11 is 0. The minimum absolute atomic E-state index is 0.149. The van der Waals surface area contributed by atoms with Crippen LogP contribution in [0.15, 0.2) is 36.7 Å². The van der Waals surface area contributed by atoms with Gasteiger partial charge in [0.25, 0.3) is 0 Å². The summed E-state index contributed by atoms with van der Waals surface area (Å²) < 4.78 is 0. The fraction of sp³-hybridized carbons (Fsp3) is 0.444. The van der Waals surface area contributed by atoms with E-state index in [0.29, 0.717) is 6.54 Å². The van der Waals surface area contributed by atoms with E-state index in [4.69, 9.17) is 0 Å². The summed E-state index contributed by atoms with van der Waals surface area (Å²) in [5.74, 6) is 1.56. The zero-order valence-electron chi connectivity index (χ0n) is 13.2. The number of anilines is 1. The van der Waals surface area contributed by atoms with Crippen LogP contribution in [0.25, 0.3) is 11.3 Å². The second kappa shape index (κ2) is 6.05. The lowest BCUT2D eigenvalue weighted by Crippen LogP contribution is -2.27. The molecule has 3 rings (SSSR count). The van der Waals surface area contributed by atoms with Gasteiger partial charge in [0.05, 0.1) is 5.69 Å². The van der Waals surface area contributed by atoms with E-state index in [1.54, 1.807) is 0 Å². The number of aliphatic hydroxyl groups is 1. The molecular formula is C18H23N3O. The smallest absolute Gasteiger partial charge is 0.125 e. The van der Waals surface area contributed by atoms with Gasteiger partial charge in [0, 0.05) is 36.5 Å². The molecule has 116 valence electrons. The first kappa shape index (κ1) is 15.0. The number of hydrogen-bond donors (Lipinski definition) is 2. The van der Waals surface area contributed by atoms with Crippen molar-refractivity contribution in [3.05, 3.63) is 42.2 Å². The first-order valence-corrected chi connectivity index (χ1v) is 7.84. The Bertz CT molecular complexity index is 633. The SMILES string of the molecule is CC(C)(CO)CNc1ccc(-c2cc(C3CC3)ccn2)cn1. The van der Waals surface area contributed by atoms with Crippen molar-refractivity contribution in [3.63, 3.8) is 0 Å². The molecule has 0 atom stereocenters. The van der Waals surface area contributed by atoms with Crippen molar-refractivity contribution >= 4 is 5.82 Å². The monoisotopic (exact) mass is 297 g/mol. The number of nitrogens with one attached hydrogen (secondary N) is 1. The lowest BCUT2D eigenvalue weighted by atomic mass is 9.95. The van der Waals surface area contributed by atoms with E-state index >= 15 is 0 Å². The van der Waals surface area contributed by atoms with Gasteiger partial charge in [-0.05, 0) is 48.6 Å². The van der Waals surface area contributed by atoms with E-state index in [1.807, 2.05) is 38.4 Å². The number of hydrogen-bond acceptors (Lipinski definition) is 4. The van der Waals surface area contributed by atoms with Crippen LogP contribution in [0.4, 0.5) is 5.82 Å². The first-order valence-electron chi connectivity index (χ1n) is 7.84. The number of aliphatic hydroxyl groups excluding tert-OH is 1. The molecule has 1 aliphatic carbocycles. The topological polar surface area (TPSA) is 58.0 Å². The summed E-state index contributed by atoms with van der Waals surface area (Å²) in [6.45, 7) is 4.87. The van der Waals surface area contributed by atoms with Gasteiger partial charge in [-0.3, -0.25) is 4.98 Å². The van der Waals surface area contributed by atoms with E-state index in [2.05, 4.69) is 27.4 Å². The Balaban J connectivity index is 1.70. The van der Waals surface area contributed by atoms with Gasteiger partial charge >= 0.3 is 0 Å². The Kier molecular flexibility index (Phi) is 4.12. The first-order chi connectivity index (χ1) is 10.6. The Labute approximate surface area is 131 Å². The minimum Gasteiger partial charge on any atom is -0.396 e. The van der Waals surface area contributed by atoms with Crippen molar-refractivity contribution < 1.29 is 5.11 Å². The van der Waals surface area contributed by atoms with Gasteiger partial charge in [0.15, 0.2) is 0 Å². The number of nitrogens with zero attached hydrogens (tertiary/aromatic N) is 2. The number of rotatable bonds is 6. The fourth-order valence-corrected chi connectivity index (χ4v) is 2.31. The zero-order chi connectivity index (χ0) is 15.6. The molecule has 0 aliphatic heterocycles. The minimum atomic E-state index is -0.152. The van der Waals surface area contributed by atoms with Crippen molar-refractivity contribution in [1.29, 1.82) is 0 Å². The van der Waals surface area contributed by atoms with Gasteiger partial charge in [-0.2, -0.15) is 0 Å². The number of aromatic nitrogens is 2. The Morgan fingerprint density at radius 3 is 2.68 bits per heavy atom. The van der Waals surface area contributed by atoms with E-state index in [0.717, 1.165) is 23.0 Å². The van der Waals surface area contributed by atoms with Crippen molar-refractivity contribution in [2.24, 2.45) is 5.41 Å². The van der Waals surface area contributed by atoms with Crippen LogP contribution in [0, 0.1) is 5.41 Å². The van der Waals surface area contributed by atoms with Gasteiger partial charge in [0.2, 0.25) is 0 Å². The largest absolute Gasteiger partial charge is 0.396 e. The van der Waals surface area contributed by atoms with Crippen molar-refractivity contribution in [2.75, 3.05) is 18.5 Å². The van der Waals surface area contributed by atoms with Gasteiger partial charge in [0.1, 0.15) is 5.82 Å². The third-order valence-electron chi connectivity index (χ3n) is 4.07. The maximum Gasteiger partial charge on any atom is 0.125 e. The standard InChI is InChI=1S/C18H23N3O/c1-18(2,12-22)11-21-17-6-5-15(10-20-17)16-9-14(7-8-19-16)13-3-4-13/h5-10,13,22H,3-4,11-12H2,1-2H3,(H,20,21). The van der Waals surface area contributed by atoms with Crippen LogP contribution < -0.4 is 5.32 Å². The summed E-state index contributed by atoms with van der Waals surface area (Å²) in [7, 11) is 0. The molecular weight excluding hydrogens is 274 g/mol. The normalized spacial score (nSPS) is 14.9. The highest BCUT2D eigenvalue weighted by Gasteiger charge is 2.23. The third kappa shape index (κ3) is 3.63. The molecule has 1 saturated carbocycles. The average Bonchev–Trinajstić information content (AvgIpc) is 3.39. The fourth-order valence-electron chi connectivity index (χ4n) is 2.31. The van der Waals surface area contributed by atoms with E-state index in [9.17, 15) is 5.11 Å². The maximum absolute atomic E-state index is 9.27. The number of pyridine rings is 2. The lowest BCUT2D eigenvalue weighted by molar-refractivity contribution is 0.170. The molecule has 0 bridgehead atoms. The Hall–Kier alpha value is -1.94. The van der Waals surface area contributed by atoms with Crippen LogP contribution >= 0.6 is 0 Å². The average molecular weight is 297 g/mol. The van der Waals surface area contributed by atoms with Gasteiger partial charge in [-0.15, -0.1) is 0 Å². The van der Waals surface area contributed by atoms with Gasteiger partial charge < -0.3 is 10.4 Å². The molecule has 0 radical (unpaired) electrons. The molecule has 0 saturated heterocycles. The highest BCUT2D eigenvalue weighted by atomic mass is 16.3. The summed E-state index contributed by atoms with van der Waals surface area (Å²) in [4.78, 5) is 8.90.